The number of ether oxygens (including phenoxy) is 4. The first kappa shape index (κ1) is 25.3. The average molecular weight is 516 g/mol. The first-order valence-electron chi connectivity index (χ1n) is 10.8. The summed E-state index contributed by atoms with van der Waals surface area (Å²) in [5, 5.41) is 24.2. The normalized spacial score (nSPS) is 12.6. The summed E-state index contributed by atoms with van der Waals surface area (Å²) < 4.78 is 40.8. The van der Waals surface area contributed by atoms with Crippen molar-refractivity contribution in [2.75, 3.05) is 26.3 Å². The summed E-state index contributed by atoms with van der Waals surface area (Å²) in [5.74, 6) is -2.46. The molecule has 0 bridgehead atoms. The molecule has 2 aromatic carbocycles. The summed E-state index contributed by atoms with van der Waals surface area (Å²) in [4.78, 5) is 36.1. The molecular weight excluding hydrogens is 495 g/mol. The van der Waals surface area contributed by atoms with Crippen molar-refractivity contribution in [2.45, 2.75) is 19.3 Å². The number of benzene rings is 2. The van der Waals surface area contributed by atoms with E-state index in [1.807, 2.05) is 0 Å². The van der Waals surface area contributed by atoms with Gasteiger partial charge in [0.2, 0.25) is 30.0 Å². The van der Waals surface area contributed by atoms with Crippen molar-refractivity contribution < 1.29 is 42.6 Å². The van der Waals surface area contributed by atoms with E-state index in [9.17, 15) is 29.2 Å². The Labute approximate surface area is 208 Å². The maximum atomic E-state index is 13.7. The number of carbonyl (C=O) groups excluding carboxylic acids is 1. The topological polar surface area (TPSA) is 160 Å². The van der Waals surface area contributed by atoms with Crippen LogP contribution in [0.15, 0.2) is 39.5 Å². The molecule has 4 rings (SSSR count). The number of anilines is 1. The predicted molar refractivity (Wildman–Crippen MR) is 125 cm³/mol. The maximum Gasteiger partial charge on any atom is 0.343 e. The van der Waals surface area contributed by atoms with E-state index in [2.05, 4.69) is 5.32 Å². The van der Waals surface area contributed by atoms with E-state index >= 15 is 0 Å². The highest BCUT2D eigenvalue weighted by Gasteiger charge is 2.34. The number of aryl methyl sites for hydroxylation is 1. The smallest absolute Gasteiger partial charge is 0.343 e. The average Bonchev–Trinajstić information content (AvgIpc) is 3.32. The van der Waals surface area contributed by atoms with Crippen LogP contribution in [0.1, 0.15) is 29.2 Å². The molecular formula is C24H21FN2O10. The fourth-order valence-electron chi connectivity index (χ4n) is 4.08. The number of nitro benzene ring substituents is 1. The summed E-state index contributed by atoms with van der Waals surface area (Å²) in [7, 11) is 2.73. The number of nitrogens with one attached hydrogen (secondary N) is 1. The van der Waals surface area contributed by atoms with Crippen LogP contribution < -0.4 is 29.9 Å². The molecule has 37 heavy (non-hydrogen) atoms. The van der Waals surface area contributed by atoms with Crippen LogP contribution in [0.4, 0.5) is 15.8 Å². The quantitative estimate of drug-likeness (QED) is 0.334. The molecule has 3 aromatic rings. The minimum absolute atomic E-state index is 0.0488. The Kier molecular flexibility index (Phi) is 6.87. The highest BCUT2D eigenvalue weighted by atomic mass is 19.1. The zero-order valence-corrected chi connectivity index (χ0v) is 19.8. The minimum atomic E-state index is -1.16. The van der Waals surface area contributed by atoms with Gasteiger partial charge in [-0.2, -0.15) is 4.39 Å². The second-order valence-corrected chi connectivity index (χ2v) is 7.94. The van der Waals surface area contributed by atoms with Crippen molar-refractivity contribution in [3.63, 3.8) is 0 Å². The van der Waals surface area contributed by atoms with E-state index in [0.717, 1.165) is 18.2 Å². The highest BCUT2D eigenvalue weighted by molar-refractivity contribution is 5.92. The van der Waals surface area contributed by atoms with Crippen LogP contribution in [0.25, 0.3) is 0 Å². The van der Waals surface area contributed by atoms with Crippen molar-refractivity contribution in [3.05, 3.63) is 73.6 Å². The van der Waals surface area contributed by atoms with Gasteiger partial charge in [-0.3, -0.25) is 14.9 Å². The molecule has 1 aliphatic heterocycles. The third-order valence-corrected chi connectivity index (χ3v) is 5.65. The molecule has 0 saturated heterocycles. The lowest BCUT2D eigenvalue weighted by Crippen LogP contribution is -2.21. The fourth-order valence-corrected chi connectivity index (χ4v) is 4.08. The number of nitrogens with zero attached hydrogens (tertiary/aromatic N) is 1. The SMILES string of the molecule is COc1cc([C@H](CC(=O)Nc2ccc(F)c([N+](=O)[O-])c2)c2c(O)cc(C)oc2=O)c(OC)c2c1OCO2. The number of carbonyl (C=O) groups is 1. The first-order valence-corrected chi connectivity index (χ1v) is 10.8. The molecule has 0 saturated carbocycles. The first-order chi connectivity index (χ1) is 17.6. The molecule has 0 unspecified atom stereocenters. The third-order valence-electron chi connectivity index (χ3n) is 5.65. The van der Waals surface area contributed by atoms with Crippen LogP contribution in [0, 0.1) is 22.9 Å². The number of amides is 1. The molecule has 0 aliphatic carbocycles. The summed E-state index contributed by atoms with van der Waals surface area (Å²) in [5.41, 5.74) is -1.78. The monoisotopic (exact) mass is 516 g/mol. The highest BCUT2D eigenvalue weighted by Crippen LogP contribution is 2.52. The zero-order chi connectivity index (χ0) is 26.9. The number of hydrogen-bond donors (Lipinski definition) is 2. The second-order valence-electron chi connectivity index (χ2n) is 7.94. The van der Waals surface area contributed by atoms with Gasteiger partial charge in [0.25, 0.3) is 0 Å². The van der Waals surface area contributed by atoms with E-state index in [1.165, 1.54) is 33.3 Å². The van der Waals surface area contributed by atoms with Gasteiger partial charge in [0, 0.05) is 35.7 Å². The van der Waals surface area contributed by atoms with Crippen LogP contribution in [-0.2, 0) is 4.79 Å². The largest absolute Gasteiger partial charge is 0.507 e. The molecule has 2 N–H and O–H groups in total. The molecule has 1 amide bonds. The Morgan fingerprint density at radius 1 is 1.22 bits per heavy atom. The summed E-state index contributed by atoms with van der Waals surface area (Å²) in [6.07, 6.45) is -0.467. The van der Waals surface area contributed by atoms with Gasteiger partial charge < -0.3 is 33.8 Å². The molecule has 0 fully saturated rings. The molecule has 1 aliphatic rings. The van der Waals surface area contributed by atoms with Crippen molar-refractivity contribution in [1.29, 1.82) is 0 Å². The van der Waals surface area contributed by atoms with Crippen LogP contribution in [-0.4, -0.2) is 36.9 Å². The van der Waals surface area contributed by atoms with Gasteiger partial charge in [-0.25, -0.2) is 4.79 Å². The molecule has 1 aromatic heterocycles. The van der Waals surface area contributed by atoms with Gasteiger partial charge in [0.1, 0.15) is 11.5 Å². The van der Waals surface area contributed by atoms with Gasteiger partial charge in [0.15, 0.2) is 11.5 Å². The number of nitro groups is 1. The fraction of sp³-hybridized carbons (Fsp3) is 0.250. The summed E-state index contributed by atoms with van der Waals surface area (Å²) >= 11 is 0. The van der Waals surface area contributed by atoms with Gasteiger partial charge in [0.05, 0.1) is 24.7 Å². The number of halogens is 1. The van der Waals surface area contributed by atoms with E-state index < -0.39 is 46.0 Å². The van der Waals surface area contributed by atoms with Crippen molar-refractivity contribution in [3.8, 4) is 28.7 Å². The van der Waals surface area contributed by atoms with Crippen LogP contribution in [0.5, 0.6) is 28.7 Å². The molecule has 0 radical (unpaired) electrons. The van der Waals surface area contributed by atoms with E-state index in [1.54, 1.807) is 0 Å². The van der Waals surface area contributed by atoms with E-state index in [-0.39, 0.29) is 52.4 Å². The number of fused-ring (bicyclic) bond motifs is 1. The Morgan fingerprint density at radius 3 is 2.59 bits per heavy atom. The molecule has 2 heterocycles. The Bertz CT molecular complexity index is 1450. The Balaban J connectivity index is 1.82. The molecule has 194 valence electrons. The minimum Gasteiger partial charge on any atom is -0.507 e. The van der Waals surface area contributed by atoms with Crippen LogP contribution >= 0.6 is 0 Å². The molecule has 13 heteroatoms. The molecule has 12 nitrogen and oxygen atoms in total. The van der Waals surface area contributed by atoms with E-state index in [0.29, 0.717) is 0 Å². The van der Waals surface area contributed by atoms with Crippen molar-refractivity contribution in [1.82, 2.24) is 0 Å². The van der Waals surface area contributed by atoms with Gasteiger partial charge in [-0.15, -0.1) is 0 Å². The lowest BCUT2D eigenvalue weighted by Gasteiger charge is -2.22. The molecule has 1 atom stereocenters. The Morgan fingerprint density at radius 2 is 1.95 bits per heavy atom. The predicted octanol–water partition coefficient (Wildman–Crippen LogP) is 3.61. The number of methoxy groups -OCH3 is 2. The van der Waals surface area contributed by atoms with Gasteiger partial charge in [-0.1, -0.05) is 0 Å². The molecule has 0 spiro atoms. The van der Waals surface area contributed by atoms with Gasteiger partial charge >= 0.3 is 11.3 Å². The van der Waals surface area contributed by atoms with Gasteiger partial charge in [-0.05, 0) is 25.1 Å². The number of hydrogen-bond acceptors (Lipinski definition) is 10. The van der Waals surface area contributed by atoms with Crippen LogP contribution in [0.3, 0.4) is 0 Å². The zero-order valence-electron chi connectivity index (χ0n) is 19.8. The maximum absolute atomic E-state index is 13.7. The standard InChI is InChI=1S/C24H21FN2O10/c1-11-6-17(28)20(24(30)37-11)13(9-19(29)26-12-4-5-15(25)16(7-12)27(31)32)14-8-18(33-2)22-23(21(14)34-3)36-10-35-22/h4-8,13,28H,9-10H2,1-3H3,(H,26,29)/t13-/m0/s1. The second kappa shape index (κ2) is 10.0. The summed E-state index contributed by atoms with van der Waals surface area (Å²) in [6, 6.07) is 5.56. The lowest BCUT2D eigenvalue weighted by atomic mass is 9.87. The Hall–Kier alpha value is -4.81. The lowest BCUT2D eigenvalue weighted by molar-refractivity contribution is -0.387. The van der Waals surface area contributed by atoms with Crippen LogP contribution in [0.2, 0.25) is 0 Å². The number of aromatic hydroxyl groups is 1. The summed E-state index contributed by atoms with van der Waals surface area (Å²) in [6.45, 7) is 1.34. The van der Waals surface area contributed by atoms with Crippen molar-refractivity contribution in [2.24, 2.45) is 0 Å². The van der Waals surface area contributed by atoms with Crippen molar-refractivity contribution >= 4 is 17.3 Å². The number of rotatable bonds is 8. The third kappa shape index (κ3) is 4.83. The van der Waals surface area contributed by atoms with E-state index in [4.69, 9.17) is 23.4 Å².